The number of phenolic OH excluding ortho intramolecular Hbond substituents is 1. The van der Waals surface area contributed by atoms with Gasteiger partial charge < -0.3 is 30.6 Å². The fourth-order valence-electron chi connectivity index (χ4n) is 7.48. The van der Waals surface area contributed by atoms with E-state index in [0.717, 1.165) is 101 Å². The average molecular weight is 670 g/mol. The summed E-state index contributed by atoms with van der Waals surface area (Å²) < 4.78 is 0. The van der Waals surface area contributed by atoms with Crippen LogP contribution in [0.4, 0.5) is 5.69 Å². The lowest BCUT2D eigenvalue weighted by atomic mass is 9.81. The fraction of sp³-hybridized carbons (Fsp3) is 0.537. The van der Waals surface area contributed by atoms with Crippen LogP contribution in [0.1, 0.15) is 85.3 Å². The number of aliphatic hydroxyl groups is 1. The molecule has 1 saturated carbocycles. The Labute approximate surface area is 294 Å². The molecule has 0 spiro atoms. The molecule has 8 heteroatoms. The number of nitrogens with one attached hydrogen (secondary N) is 2. The van der Waals surface area contributed by atoms with Crippen molar-refractivity contribution in [3.05, 3.63) is 95.1 Å². The van der Waals surface area contributed by atoms with Gasteiger partial charge in [-0.1, -0.05) is 56.3 Å². The summed E-state index contributed by atoms with van der Waals surface area (Å²) in [4.78, 5) is 20.6. The van der Waals surface area contributed by atoms with E-state index in [0.29, 0.717) is 36.2 Å². The summed E-state index contributed by atoms with van der Waals surface area (Å²) in [5.74, 6) is 0.706. The van der Waals surface area contributed by atoms with Gasteiger partial charge in [0.2, 0.25) is 0 Å². The monoisotopic (exact) mass is 669 g/mol. The number of phenols is 1. The quantitative estimate of drug-likeness (QED) is 0.154. The third-order valence-corrected chi connectivity index (χ3v) is 10.5. The van der Waals surface area contributed by atoms with E-state index in [-0.39, 0.29) is 5.91 Å². The molecule has 2 atom stereocenters. The molecular formula is C41H59N5O3. The number of aliphatic hydroxyl groups excluding tert-OH is 1. The molecule has 0 aromatic heterocycles. The Morgan fingerprint density at radius 1 is 0.898 bits per heavy atom. The maximum absolute atomic E-state index is 13.4. The first-order chi connectivity index (χ1) is 23.8. The van der Waals surface area contributed by atoms with Crippen molar-refractivity contribution < 1.29 is 15.0 Å². The summed E-state index contributed by atoms with van der Waals surface area (Å²) in [5, 5.41) is 28.9. The molecule has 0 bridgehead atoms. The molecular weight excluding hydrogens is 610 g/mol. The number of carbonyl (C=O) groups is 1. The lowest BCUT2D eigenvalue weighted by Gasteiger charge is -2.34. The number of benzene rings is 3. The first kappa shape index (κ1) is 36.8. The first-order valence-corrected chi connectivity index (χ1v) is 18.7. The van der Waals surface area contributed by atoms with Crippen molar-refractivity contribution in [1.82, 2.24) is 20.4 Å². The van der Waals surface area contributed by atoms with Crippen LogP contribution < -0.4 is 15.5 Å². The van der Waals surface area contributed by atoms with Crippen LogP contribution in [-0.4, -0.2) is 97.0 Å². The highest BCUT2D eigenvalue weighted by atomic mass is 16.3. The van der Waals surface area contributed by atoms with Crippen LogP contribution in [0.2, 0.25) is 0 Å². The number of anilines is 1. The minimum Gasteiger partial charge on any atom is -0.508 e. The van der Waals surface area contributed by atoms with Gasteiger partial charge in [-0.2, -0.15) is 0 Å². The molecule has 266 valence electrons. The van der Waals surface area contributed by atoms with E-state index < -0.39 is 12.1 Å². The second-order valence-electron chi connectivity index (χ2n) is 14.3. The second-order valence-corrected chi connectivity index (χ2v) is 14.3. The van der Waals surface area contributed by atoms with Gasteiger partial charge in [-0.25, -0.2) is 0 Å². The van der Waals surface area contributed by atoms with Gasteiger partial charge in [0.05, 0.1) is 12.1 Å². The molecule has 1 aliphatic heterocycles. The zero-order valence-electron chi connectivity index (χ0n) is 30.0. The van der Waals surface area contributed by atoms with Crippen molar-refractivity contribution in [3.8, 4) is 5.75 Å². The summed E-state index contributed by atoms with van der Waals surface area (Å²) in [7, 11) is 2.15. The Balaban J connectivity index is 1.15. The maximum atomic E-state index is 13.4. The summed E-state index contributed by atoms with van der Waals surface area (Å²) >= 11 is 0. The zero-order chi connectivity index (χ0) is 34.6. The summed E-state index contributed by atoms with van der Waals surface area (Å²) in [6, 6.07) is 24.0. The van der Waals surface area contributed by atoms with Crippen LogP contribution >= 0.6 is 0 Å². The zero-order valence-corrected chi connectivity index (χ0v) is 30.0. The smallest absolute Gasteiger partial charge is 0.251 e. The Bertz CT molecular complexity index is 1410. The number of piperazine rings is 1. The van der Waals surface area contributed by atoms with Gasteiger partial charge >= 0.3 is 0 Å². The van der Waals surface area contributed by atoms with E-state index in [2.05, 4.69) is 58.4 Å². The highest BCUT2D eigenvalue weighted by molar-refractivity contribution is 5.94. The number of aromatic hydroxyl groups is 1. The number of hydrogen-bond acceptors (Lipinski definition) is 7. The van der Waals surface area contributed by atoms with E-state index in [1.807, 2.05) is 60.7 Å². The number of carbonyl (C=O) groups excluding carboxylic acids is 1. The van der Waals surface area contributed by atoms with E-state index in [1.54, 1.807) is 0 Å². The van der Waals surface area contributed by atoms with Gasteiger partial charge in [0.1, 0.15) is 5.75 Å². The molecule has 4 N–H and O–H groups in total. The van der Waals surface area contributed by atoms with Crippen molar-refractivity contribution in [2.24, 2.45) is 0 Å². The number of amides is 1. The molecule has 3 aromatic rings. The molecule has 1 aliphatic carbocycles. The van der Waals surface area contributed by atoms with E-state index >= 15 is 0 Å². The molecule has 0 radical (unpaired) electrons. The summed E-state index contributed by atoms with van der Waals surface area (Å²) in [6.45, 7) is 11.7. The standard InChI is InChI=1S/C41H59N5O3/c1-4-21-45(22-5-2)30-35-28-34(15-20-39(35)47)32-11-16-36(17-12-32)42-29-40(48)38(27-31-9-7-6-8-10-31)43-41(49)33-13-18-37(19-14-33)46-25-23-44(3)24-26-46/h6-10,13-15,18-20,28,32,36,38,40,42,47-48H,4-5,11-12,16-17,21-27,29-30H2,1-3H3,(H,43,49)/t32?,36?,38-,40+/m0/s1. The molecule has 2 fully saturated rings. The molecule has 3 aromatic carbocycles. The van der Waals surface area contributed by atoms with Crippen molar-refractivity contribution in [1.29, 1.82) is 0 Å². The van der Waals surface area contributed by atoms with Gasteiger partial charge in [-0.15, -0.1) is 0 Å². The third-order valence-electron chi connectivity index (χ3n) is 10.5. The molecule has 8 nitrogen and oxygen atoms in total. The van der Waals surface area contributed by atoms with Gasteiger partial charge in [-0.05, 0) is 112 Å². The van der Waals surface area contributed by atoms with Crippen LogP contribution in [0, 0.1) is 0 Å². The Hall–Kier alpha value is -3.43. The minimum atomic E-state index is -0.736. The Morgan fingerprint density at radius 3 is 2.22 bits per heavy atom. The van der Waals surface area contributed by atoms with Gasteiger partial charge in [-0.3, -0.25) is 9.69 Å². The van der Waals surface area contributed by atoms with E-state index in [1.165, 1.54) is 5.56 Å². The second kappa shape index (κ2) is 18.5. The Morgan fingerprint density at radius 2 is 1.57 bits per heavy atom. The van der Waals surface area contributed by atoms with E-state index in [9.17, 15) is 15.0 Å². The number of hydrogen-bond donors (Lipinski definition) is 4. The molecule has 1 saturated heterocycles. The largest absolute Gasteiger partial charge is 0.508 e. The van der Waals surface area contributed by atoms with Crippen LogP contribution in [0.3, 0.4) is 0 Å². The predicted octanol–water partition coefficient (Wildman–Crippen LogP) is 5.78. The van der Waals surface area contributed by atoms with Crippen LogP contribution in [0.5, 0.6) is 5.75 Å². The number of nitrogens with zero attached hydrogens (tertiary/aromatic N) is 3. The average Bonchev–Trinajstić information content (AvgIpc) is 3.12. The van der Waals surface area contributed by atoms with Crippen molar-refractivity contribution in [3.63, 3.8) is 0 Å². The SMILES string of the molecule is CCCN(CCC)Cc1cc(C2CCC(NC[C@@H](O)[C@H](Cc3ccccc3)NC(=O)c3ccc(N4CCN(C)CC4)cc3)CC2)ccc1O. The third kappa shape index (κ3) is 10.8. The molecule has 2 aliphatic rings. The molecule has 0 unspecified atom stereocenters. The maximum Gasteiger partial charge on any atom is 0.251 e. The highest BCUT2D eigenvalue weighted by Gasteiger charge is 2.27. The molecule has 1 heterocycles. The van der Waals surface area contributed by atoms with Gasteiger partial charge in [0.25, 0.3) is 5.91 Å². The van der Waals surface area contributed by atoms with E-state index in [4.69, 9.17) is 0 Å². The van der Waals surface area contributed by atoms with Gasteiger partial charge in [0, 0.05) is 62.1 Å². The fourth-order valence-corrected chi connectivity index (χ4v) is 7.48. The lowest BCUT2D eigenvalue weighted by molar-refractivity contribution is 0.0820. The van der Waals surface area contributed by atoms with Gasteiger partial charge in [0.15, 0.2) is 0 Å². The first-order valence-electron chi connectivity index (χ1n) is 18.7. The molecule has 5 rings (SSSR count). The van der Waals surface area contributed by atoms with Crippen molar-refractivity contribution >= 4 is 11.6 Å². The molecule has 49 heavy (non-hydrogen) atoms. The summed E-state index contributed by atoms with van der Waals surface area (Å²) in [6.07, 6.45) is 6.23. The van der Waals surface area contributed by atoms with Crippen LogP contribution in [-0.2, 0) is 13.0 Å². The Kier molecular flexibility index (Phi) is 13.9. The number of likely N-dealkylation sites (N-methyl/N-ethyl adjacent to an activating group) is 1. The van der Waals surface area contributed by atoms with Crippen LogP contribution in [0.15, 0.2) is 72.8 Å². The lowest BCUT2D eigenvalue weighted by Crippen LogP contribution is -2.50. The minimum absolute atomic E-state index is 0.161. The van der Waals surface area contributed by atoms with Crippen LogP contribution in [0.25, 0.3) is 0 Å². The number of rotatable bonds is 16. The van der Waals surface area contributed by atoms with Crippen molar-refractivity contribution in [2.75, 3.05) is 57.8 Å². The predicted molar refractivity (Wildman–Crippen MR) is 201 cm³/mol. The highest BCUT2D eigenvalue weighted by Crippen LogP contribution is 2.35. The van der Waals surface area contributed by atoms with Crippen molar-refractivity contribution in [2.45, 2.75) is 89.4 Å². The summed E-state index contributed by atoms with van der Waals surface area (Å²) in [5.41, 5.74) is 5.18. The normalized spacial score (nSPS) is 19.9. The molecule has 1 amide bonds. The topological polar surface area (TPSA) is 91.3 Å².